The third-order valence-electron chi connectivity index (χ3n) is 1.95. The van der Waals surface area contributed by atoms with Crippen molar-refractivity contribution >= 4 is 34.2 Å². The molecule has 6 heteroatoms. The molecule has 0 aliphatic carbocycles. The van der Waals surface area contributed by atoms with E-state index in [0.29, 0.717) is 12.0 Å². The number of hydrogen-bond donors (Lipinski definition) is 1. The van der Waals surface area contributed by atoms with Crippen molar-refractivity contribution in [2.45, 2.75) is 19.5 Å². The Morgan fingerprint density at radius 3 is 2.56 bits per heavy atom. The number of aryl methyl sites for hydroxylation is 1. The molecule has 0 bridgehead atoms. The van der Waals surface area contributed by atoms with Gasteiger partial charge in [-0.05, 0) is 52.8 Å². The van der Waals surface area contributed by atoms with Crippen LogP contribution in [0.15, 0.2) is 18.2 Å². The van der Waals surface area contributed by atoms with Gasteiger partial charge in [0.1, 0.15) is 0 Å². The highest BCUT2D eigenvalue weighted by Crippen LogP contribution is 2.23. The molecule has 1 rings (SSSR count). The van der Waals surface area contributed by atoms with Gasteiger partial charge in [0.2, 0.25) is 0 Å². The van der Waals surface area contributed by atoms with Gasteiger partial charge in [0.25, 0.3) is 0 Å². The molecule has 88 valence electrons. The van der Waals surface area contributed by atoms with Crippen LogP contribution in [0.25, 0.3) is 0 Å². The Morgan fingerprint density at radius 2 is 2.06 bits per heavy atom. The molecule has 0 saturated heterocycles. The highest BCUT2D eigenvalue weighted by molar-refractivity contribution is 14.1. The van der Waals surface area contributed by atoms with E-state index in [1.165, 1.54) is 6.07 Å². The van der Waals surface area contributed by atoms with Gasteiger partial charge in [-0.2, -0.15) is 13.2 Å². The maximum atomic E-state index is 12.0. The minimum absolute atomic E-state index is 0.213. The fourth-order valence-corrected chi connectivity index (χ4v) is 1.73. The second kappa shape index (κ2) is 5.03. The summed E-state index contributed by atoms with van der Waals surface area (Å²) < 4.78 is 37.0. The Balaban J connectivity index is 2.93. The second-order valence-electron chi connectivity index (χ2n) is 3.11. The van der Waals surface area contributed by atoms with Gasteiger partial charge >= 0.3 is 12.1 Å². The number of carbonyl (C=O) groups is 1. The Morgan fingerprint density at radius 1 is 1.44 bits per heavy atom. The Hall–Kier alpha value is -0.790. The molecule has 1 amide bonds. The zero-order valence-electron chi connectivity index (χ0n) is 8.36. The van der Waals surface area contributed by atoms with E-state index in [1.54, 1.807) is 12.1 Å². The molecule has 1 N–H and O–H groups in total. The Bertz CT molecular complexity index is 404. The average Bonchev–Trinajstić information content (AvgIpc) is 2.19. The van der Waals surface area contributed by atoms with E-state index in [-0.39, 0.29) is 5.69 Å². The van der Waals surface area contributed by atoms with Gasteiger partial charge in [-0.15, -0.1) is 0 Å². The number of hydrogen-bond acceptors (Lipinski definition) is 1. The summed E-state index contributed by atoms with van der Waals surface area (Å²) in [7, 11) is 0. The van der Waals surface area contributed by atoms with Crippen LogP contribution in [-0.4, -0.2) is 12.1 Å². The topological polar surface area (TPSA) is 29.1 Å². The number of nitrogens with one attached hydrogen (secondary N) is 1. The molecule has 0 aliphatic rings. The normalized spacial score (nSPS) is 11.3. The van der Waals surface area contributed by atoms with E-state index >= 15 is 0 Å². The molecular weight excluding hydrogens is 334 g/mol. The quantitative estimate of drug-likeness (QED) is 0.820. The minimum Gasteiger partial charge on any atom is -0.318 e. The van der Waals surface area contributed by atoms with Gasteiger partial charge < -0.3 is 5.32 Å². The summed E-state index contributed by atoms with van der Waals surface area (Å²) in [4.78, 5) is 10.7. The summed E-state index contributed by atoms with van der Waals surface area (Å²) in [6.07, 6.45) is -4.29. The summed E-state index contributed by atoms with van der Waals surface area (Å²) in [6.45, 7) is 1.81. The van der Waals surface area contributed by atoms with E-state index in [4.69, 9.17) is 0 Å². The highest BCUT2D eigenvalue weighted by Gasteiger charge is 2.38. The lowest BCUT2D eigenvalue weighted by Crippen LogP contribution is -2.30. The van der Waals surface area contributed by atoms with Crippen LogP contribution in [0.3, 0.4) is 0 Å². The first-order valence-corrected chi connectivity index (χ1v) is 5.59. The van der Waals surface area contributed by atoms with Gasteiger partial charge in [0.05, 0.1) is 0 Å². The lowest BCUT2D eigenvalue weighted by Gasteiger charge is -2.11. The van der Waals surface area contributed by atoms with Gasteiger partial charge in [-0.1, -0.05) is 6.92 Å². The van der Waals surface area contributed by atoms with Crippen LogP contribution in [0.2, 0.25) is 0 Å². The standard InChI is InChI=1S/C10H9F3INO/c1-2-6-5-7(14)3-4-8(6)15-9(16)10(11,12)13/h3-5H,2H2,1H3,(H,15,16). The van der Waals surface area contributed by atoms with Crippen molar-refractivity contribution in [3.8, 4) is 0 Å². The largest absolute Gasteiger partial charge is 0.471 e. The molecule has 0 fully saturated rings. The second-order valence-corrected chi connectivity index (χ2v) is 4.35. The number of benzene rings is 1. The number of amides is 1. The lowest BCUT2D eigenvalue weighted by molar-refractivity contribution is -0.167. The molecule has 0 spiro atoms. The van der Waals surface area contributed by atoms with Gasteiger partial charge in [0, 0.05) is 9.26 Å². The van der Waals surface area contributed by atoms with Crippen molar-refractivity contribution in [3.63, 3.8) is 0 Å². The monoisotopic (exact) mass is 343 g/mol. The van der Waals surface area contributed by atoms with Crippen molar-refractivity contribution in [2.24, 2.45) is 0 Å². The molecule has 0 aliphatic heterocycles. The fraction of sp³-hybridized carbons (Fsp3) is 0.300. The average molecular weight is 343 g/mol. The first kappa shape index (κ1) is 13.3. The summed E-state index contributed by atoms with van der Waals surface area (Å²) in [5, 5.41) is 1.86. The van der Waals surface area contributed by atoms with Crippen LogP contribution in [0, 0.1) is 3.57 Å². The van der Waals surface area contributed by atoms with Crippen LogP contribution in [0.4, 0.5) is 18.9 Å². The Kier molecular flexibility index (Phi) is 4.17. The number of anilines is 1. The van der Waals surface area contributed by atoms with Gasteiger partial charge in [-0.3, -0.25) is 4.79 Å². The summed E-state index contributed by atoms with van der Waals surface area (Å²) in [5.74, 6) is -1.94. The van der Waals surface area contributed by atoms with Crippen molar-refractivity contribution in [1.82, 2.24) is 0 Å². The molecule has 2 nitrogen and oxygen atoms in total. The number of halogens is 4. The number of alkyl halides is 3. The first-order chi connectivity index (χ1) is 7.34. The van der Waals surface area contributed by atoms with Crippen molar-refractivity contribution in [2.75, 3.05) is 5.32 Å². The minimum atomic E-state index is -4.85. The molecule has 0 saturated carbocycles. The van der Waals surface area contributed by atoms with Crippen molar-refractivity contribution in [1.29, 1.82) is 0 Å². The van der Waals surface area contributed by atoms with E-state index in [1.807, 2.05) is 12.2 Å². The Labute approximate surface area is 104 Å². The van der Waals surface area contributed by atoms with E-state index in [0.717, 1.165) is 3.57 Å². The first-order valence-electron chi connectivity index (χ1n) is 4.51. The predicted molar refractivity (Wildman–Crippen MR) is 63.2 cm³/mol. The predicted octanol–water partition coefficient (Wildman–Crippen LogP) is 3.35. The van der Waals surface area contributed by atoms with Crippen LogP contribution in [0.1, 0.15) is 12.5 Å². The lowest BCUT2D eigenvalue weighted by atomic mass is 10.1. The molecular formula is C10H9F3INO. The van der Waals surface area contributed by atoms with E-state index in [2.05, 4.69) is 22.6 Å². The SMILES string of the molecule is CCc1cc(I)ccc1NC(=O)C(F)(F)F. The maximum absolute atomic E-state index is 12.0. The molecule has 0 radical (unpaired) electrons. The van der Waals surface area contributed by atoms with Gasteiger partial charge in [0.15, 0.2) is 0 Å². The third-order valence-corrected chi connectivity index (χ3v) is 2.62. The highest BCUT2D eigenvalue weighted by atomic mass is 127. The smallest absolute Gasteiger partial charge is 0.318 e. The zero-order valence-corrected chi connectivity index (χ0v) is 10.5. The van der Waals surface area contributed by atoms with Crippen LogP contribution >= 0.6 is 22.6 Å². The third kappa shape index (κ3) is 3.36. The summed E-state index contributed by atoms with van der Waals surface area (Å²) >= 11 is 2.06. The zero-order chi connectivity index (χ0) is 12.3. The molecule has 0 heterocycles. The fourth-order valence-electron chi connectivity index (χ4n) is 1.17. The van der Waals surface area contributed by atoms with Crippen molar-refractivity contribution in [3.05, 3.63) is 27.3 Å². The number of rotatable bonds is 2. The van der Waals surface area contributed by atoms with Crippen LogP contribution < -0.4 is 5.32 Å². The van der Waals surface area contributed by atoms with Crippen LogP contribution in [-0.2, 0) is 11.2 Å². The molecule has 0 unspecified atom stereocenters. The van der Waals surface area contributed by atoms with Crippen molar-refractivity contribution < 1.29 is 18.0 Å². The summed E-state index contributed by atoms with van der Waals surface area (Å²) in [5.41, 5.74) is 0.898. The maximum Gasteiger partial charge on any atom is 0.471 e. The summed E-state index contributed by atoms with van der Waals surface area (Å²) in [6, 6.07) is 4.86. The van der Waals surface area contributed by atoms with Crippen LogP contribution in [0.5, 0.6) is 0 Å². The molecule has 16 heavy (non-hydrogen) atoms. The molecule has 1 aromatic rings. The molecule has 1 aromatic carbocycles. The van der Waals surface area contributed by atoms with Gasteiger partial charge in [-0.25, -0.2) is 0 Å². The number of carbonyl (C=O) groups excluding carboxylic acids is 1. The van der Waals surface area contributed by atoms with E-state index < -0.39 is 12.1 Å². The molecule has 0 aromatic heterocycles. The molecule has 0 atom stereocenters. The van der Waals surface area contributed by atoms with E-state index in [9.17, 15) is 18.0 Å².